The second-order valence-corrected chi connectivity index (χ2v) is 6.95. The van der Waals surface area contributed by atoms with Crippen LogP contribution in [0.15, 0.2) is 18.3 Å². The largest absolute Gasteiger partial charge is 0.350 e. The second kappa shape index (κ2) is 4.12. The Morgan fingerprint density at radius 1 is 1.06 bits per heavy atom. The number of nitrogens with two attached hydrogens (primary N) is 1. The lowest BCUT2D eigenvalue weighted by Crippen LogP contribution is -2.46. The third-order valence-electron chi connectivity index (χ3n) is 5.96. The van der Waals surface area contributed by atoms with Crippen LogP contribution in [-0.4, -0.2) is 4.57 Å². The van der Waals surface area contributed by atoms with Crippen molar-refractivity contribution >= 4 is 0 Å². The van der Waals surface area contributed by atoms with Crippen molar-refractivity contribution in [2.45, 2.75) is 45.2 Å². The summed E-state index contributed by atoms with van der Waals surface area (Å²) in [4.78, 5) is 0. The van der Waals surface area contributed by atoms with Crippen LogP contribution in [0.25, 0.3) is 0 Å². The Labute approximate surface area is 110 Å². The van der Waals surface area contributed by atoms with E-state index in [4.69, 9.17) is 5.73 Å². The highest BCUT2D eigenvalue weighted by Gasteiger charge is 2.47. The topological polar surface area (TPSA) is 30.9 Å². The molecule has 4 bridgehead atoms. The summed E-state index contributed by atoms with van der Waals surface area (Å²) in [6, 6.07) is 4.33. The summed E-state index contributed by atoms with van der Waals surface area (Å²) in [5.41, 5.74) is 7.13. The van der Waals surface area contributed by atoms with E-state index in [1.165, 1.54) is 37.9 Å². The number of rotatable bonds is 3. The van der Waals surface area contributed by atoms with Gasteiger partial charge in [0.05, 0.1) is 0 Å². The van der Waals surface area contributed by atoms with Gasteiger partial charge in [0.2, 0.25) is 0 Å². The van der Waals surface area contributed by atoms with Crippen LogP contribution >= 0.6 is 0 Å². The van der Waals surface area contributed by atoms with Gasteiger partial charge < -0.3 is 10.3 Å². The van der Waals surface area contributed by atoms with Gasteiger partial charge in [0, 0.05) is 25.0 Å². The average Bonchev–Trinajstić information content (AvgIpc) is 2.80. The van der Waals surface area contributed by atoms with Crippen LogP contribution in [0.3, 0.4) is 0 Å². The van der Waals surface area contributed by atoms with E-state index in [1.807, 2.05) is 0 Å². The third kappa shape index (κ3) is 1.65. The van der Waals surface area contributed by atoms with Crippen LogP contribution in [0.5, 0.6) is 0 Å². The molecule has 0 atom stereocenters. The van der Waals surface area contributed by atoms with Gasteiger partial charge in [-0.05, 0) is 73.8 Å². The van der Waals surface area contributed by atoms with Gasteiger partial charge >= 0.3 is 0 Å². The molecule has 2 nitrogen and oxygen atoms in total. The maximum Gasteiger partial charge on any atom is 0.0334 e. The molecule has 0 amide bonds. The first-order valence-electron chi connectivity index (χ1n) is 7.67. The van der Waals surface area contributed by atoms with E-state index in [1.54, 1.807) is 6.42 Å². The second-order valence-electron chi connectivity index (χ2n) is 6.95. The van der Waals surface area contributed by atoms with Crippen molar-refractivity contribution in [1.29, 1.82) is 0 Å². The Kier molecular flexibility index (Phi) is 2.54. The zero-order valence-corrected chi connectivity index (χ0v) is 11.1. The van der Waals surface area contributed by atoms with E-state index in [0.717, 1.165) is 29.6 Å². The molecule has 0 saturated heterocycles. The normalized spacial score (nSPS) is 41.5. The molecule has 0 aliphatic heterocycles. The van der Waals surface area contributed by atoms with Crippen molar-refractivity contribution in [2.75, 3.05) is 0 Å². The van der Waals surface area contributed by atoms with Gasteiger partial charge in [-0.25, -0.2) is 0 Å². The van der Waals surface area contributed by atoms with Gasteiger partial charge in [0.1, 0.15) is 0 Å². The Morgan fingerprint density at radius 2 is 1.72 bits per heavy atom. The van der Waals surface area contributed by atoms with Gasteiger partial charge in [0.25, 0.3) is 0 Å². The first-order chi connectivity index (χ1) is 8.83. The zero-order chi connectivity index (χ0) is 12.1. The number of hydrogen-bond donors (Lipinski definition) is 1. The summed E-state index contributed by atoms with van der Waals surface area (Å²) < 4.78 is 2.42. The summed E-state index contributed by atoms with van der Waals surface area (Å²) in [7, 11) is 0. The van der Waals surface area contributed by atoms with Crippen molar-refractivity contribution in [3.8, 4) is 0 Å². The predicted molar refractivity (Wildman–Crippen MR) is 72.9 cm³/mol. The van der Waals surface area contributed by atoms with Crippen LogP contribution in [0, 0.1) is 29.6 Å². The van der Waals surface area contributed by atoms with E-state index in [-0.39, 0.29) is 0 Å². The van der Waals surface area contributed by atoms with Gasteiger partial charge in [-0.1, -0.05) is 0 Å². The Hall–Kier alpha value is -0.760. The Bertz CT molecular complexity index is 406. The van der Waals surface area contributed by atoms with E-state index < -0.39 is 0 Å². The molecule has 4 aliphatic carbocycles. The molecule has 0 spiro atoms. The van der Waals surface area contributed by atoms with Crippen molar-refractivity contribution in [3.63, 3.8) is 0 Å². The summed E-state index contributed by atoms with van der Waals surface area (Å²) in [6.07, 6.45) is 9.88. The molecule has 0 aromatic carbocycles. The monoisotopic (exact) mass is 244 g/mol. The molecule has 4 fully saturated rings. The molecule has 1 aromatic heterocycles. The fourth-order valence-electron chi connectivity index (χ4n) is 5.38. The quantitative estimate of drug-likeness (QED) is 0.870. The van der Waals surface area contributed by atoms with Gasteiger partial charge in [0.15, 0.2) is 0 Å². The van der Waals surface area contributed by atoms with E-state index >= 15 is 0 Å². The highest BCUT2D eigenvalue weighted by Crippen LogP contribution is 2.56. The lowest BCUT2D eigenvalue weighted by molar-refractivity contribution is -0.0432. The van der Waals surface area contributed by atoms with Crippen LogP contribution in [0.2, 0.25) is 0 Å². The Balaban J connectivity index is 1.55. The molecule has 4 saturated carbocycles. The van der Waals surface area contributed by atoms with E-state index in [9.17, 15) is 0 Å². The first-order valence-corrected chi connectivity index (χ1v) is 7.67. The SMILES string of the molecule is NCc1cccn1CC1C2CC3CC(C2)CC1C3. The Morgan fingerprint density at radius 3 is 2.33 bits per heavy atom. The van der Waals surface area contributed by atoms with E-state index in [2.05, 4.69) is 22.9 Å². The maximum atomic E-state index is 5.82. The first kappa shape index (κ1) is 11.1. The number of aromatic nitrogens is 1. The summed E-state index contributed by atoms with van der Waals surface area (Å²) in [5, 5.41) is 0. The van der Waals surface area contributed by atoms with Crippen LogP contribution in [-0.2, 0) is 13.1 Å². The minimum atomic E-state index is 0.681. The molecule has 2 N–H and O–H groups in total. The molecular weight excluding hydrogens is 220 g/mol. The average molecular weight is 244 g/mol. The molecule has 2 heteroatoms. The molecule has 1 aromatic rings. The van der Waals surface area contributed by atoms with Gasteiger partial charge in [-0.3, -0.25) is 0 Å². The lowest BCUT2D eigenvalue weighted by Gasteiger charge is -2.54. The molecule has 18 heavy (non-hydrogen) atoms. The van der Waals surface area contributed by atoms with Gasteiger partial charge in [-0.15, -0.1) is 0 Å². The minimum absolute atomic E-state index is 0.681. The van der Waals surface area contributed by atoms with Crippen LogP contribution in [0.4, 0.5) is 0 Å². The number of hydrogen-bond acceptors (Lipinski definition) is 1. The summed E-state index contributed by atoms with van der Waals surface area (Å²) in [5.74, 6) is 5.16. The third-order valence-corrected chi connectivity index (χ3v) is 5.96. The maximum absolute atomic E-state index is 5.82. The standard InChI is InChI=1S/C16H24N2/c17-9-15-2-1-3-18(15)10-16-13-5-11-4-12(7-13)8-14(16)6-11/h1-3,11-14,16H,4-10,17H2. The highest BCUT2D eigenvalue weighted by molar-refractivity contribution is 5.08. The summed E-state index contributed by atoms with van der Waals surface area (Å²) >= 11 is 0. The minimum Gasteiger partial charge on any atom is -0.350 e. The lowest BCUT2D eigenvalue weighted by atomic mass is 9.52. The zero-order valence-electron chi connectivity index (χ0n) is 11.1. The van der Waals surface area contributed by atoms with Crippen molar-refractivity contribution in [3.05, 3.63) is 24.0 Å². The van der Waals surface area contributed by atoms with E-state index in [0.29, 0.717) is 6.54 Å². The molecule has 4 aliphatic rings. The van der Waals surface area contributed by atoms with Gasteiger partial charge in [-0.2, -0.15) is 0 Å². The number of nitrogens with zero attached hydrogens (tertiary/aromatic N) is 1. The molecule has 1 heterocycles. The van der Waals surface area contributed by atoms with Crippen molar-refractivity contribution in [1.82, 2.24) is 4.57 Å². The van der Waals surface area contributed by atoms with Crippen molar-refractivity contribution < 1.29 is 0 Å². The van der Waals surface area contributed by atoms with Crippen molar-refractivity contribution in [2.24, 2.45) is 35.3 Å². The van der Waals surface area contributed by atoms with Crippen LogP contribution in [0.1, 0.15) is 37.8 Å². The molecule has 0 radical (unpaired) electrons. The van der Waals surface area contributed by atoms with Crippen LogP contribution < -0.4 is 5.73 Å². The predicted octanol–water partition coefficient (Wildman–Crippen LogP) is 3.02. The molecule has 5 rings (SSSR count). The fourth-order valence-corrected chi connectivity index (χ4v) is 5.38. The molecule has 0 unspecified atom stereocenters. The summed E-state index contributed by atoms with van der Waals surface area (Å²) in [6.45, 7) is 1.91. The smallest absolute Gasteiger partial charge is 0.0334 e. The molecule has 98 valence electrons. The fraction of sp³-hybridized carbons (Fsp3) is 0.750. The highest BCUT2D eigenvalue weighted by atomic mass is 15.0. The molecular formula is C16H24N2.